The van der Waals surface area contributed by atoms with Crippen LogP contribution in [0.2, 0.25) is 0 Å². The van der Waals surface area contributed by atoms with Crippen molar-refractivity contribution in [2.45, 2.75) is 38.4 Å². The molecule has 0 saturated carbocycles. The minimum atomic E-state index is 0.558. The van der Waals surface area contributed by atoms with Gasteiger partial charge in [-0.2, -0.15) is 0 Å². The third kappa shape index (κ3) is 3.53. The van der Waals surface area contributed by atoms with Gasteiger partial charge in [-0.1, -0.05) is 28.9 Å². The number of benzene rings is 1. The molecule has 0 bridgehead atoms. The molecule has 1 unspecified atom stereocenters. The summed E-state index contributed by atoms with van der Waals surface area (Å²) >= 11 is 3.58. The predicted molar refractivity (Wildman–Crippen MR) is 69.2 cm³/mol. The molecule has 0 aliphatic rings. The van der Waals surface area contributed by atoms with Crippen molar-refractivity contribution in [3.8, 4) is 5.75 Å². The fourth-order valence-electron chi connectivity index (χ4n) is 1.80. The maximum atomic E-state index is 5.42. The Labute approximate surface area is 101 Å². The average molecular weight is 271 g/mol. The van der Waals surface area contributed by atoms with Crippen molar-refractivity contribution >= 4 is 15.9 Å². The molecule has 0 aliphatic heterocycles. The molecule has 1 nitrogen and oxygen atoms in total. The lowest BCUT2D eigenvalue weighted by molar-refractivity contribution is 0.408. The molecule has 1 rings (SSSR count). The average Bonchev–Trinajstić information content (AvgIpc) is 2.14. The van der Waals surface area contributed by atoms with Gasteiger partial charge in [0.25, 0.3) is 0 Å². The predicted octanol–water partition coefficient (Wildman–Crippen LogP) is 4.03. The van der Waals surface area contributed by atoms with Gasteiger partial charge in [-0.25, -0.2) is 0 Å². The summed E-state index contributed by atoms with van der Waals surface area (Å²) in [6, 6.07) is 4.33. The van der Waals surface area contributed by atoms with Crippen molar-refractivity contribution in [2.75, 3.05) is 7.11 Å². The molecular weight excluding hydrogens is 252 g/mol. The van der Waals surface area contributed by atoms with Crippen LogP contribution < -0.4 is 4.74 Å². The van der Waals surface area contributed by atoms with E-state index in [4.69, 9.17) is 4.74 Å². The minimum absolute atomic E-state index is 0.558. The van der Waals surface area contributed by atoms with Gasteiger partial charge in [0.15, 0.2) is 0 Å². The molecule has 0 radical (unpaired) electrons. The first-order valence-electron chi connectivity index (χ1n) is 5.32. The second kappa shape index (κ2) is 5.55. The van der Waals surface area contributed by atoms with Crippen molar-refractivity contribution in [3.63, 3.8) is 0 Å². The fourth-order valence-corrected chi connectivity index (χ4v) is 2.03. The van der Waals surface area contributed by atoms with Crippen LogP contribution in [0.15, 0.2) is 12.1 Å². The Morgan fingerprint density at radius 1 is 1.33 bits per heavy atom. The van der Waals surface area contributed by atoms with Crippen molar-refractivity contribution in [2.24, 2.45) is 0 Å². The standard InChI is InChI=1S/C13H19BrO/c1-9-7-10(2)12(6-5-11(3)14)13(8-9)15-4/h7-8,11H,5-6H2,1-4H3. The zero-order valence-corrected chi connectivity index (χ0v) is 11.5. The molecule has 1 aromatic carbocycles. The highest BCUT2D eigenvalue weighted by Gasteiger charge is 2.08. The number of alkyl halides is 1. The number of halogens is 1. The van der Waals surface area contributed by atoms with E-state index in [-0.39, 0.29) is 0 Å². The van der Waals surface area contributed by atoms with Gasteiger partial charge in [0.1, 0.15) is 5.75 Å². The smallest absolute Gasteiger partial charge is 0.122 e. The Balaban J connectivity index is 2.93. The molecule has 0 amide bonds. The van der Waals surface area contributed by atoms with Crippen LogP contribution in [0.1, 0.15) is 30.0 Å². The Morgan fingerprint density at radius 3 is 2.53 bits per heavy atom. The summed E-state index contributed by atoms with van der Waals surface area (Å²) in [6.07, 6.45) is 2.21. The molecule has 0 saturated heterocycles. The normalized spacial score (nSPS) is 12.6. The second-order valence-electron chi connectivity index (χ2n) is 4.08. The number of methoxy groups -OCH3 is 1. The molecule has 1 atom stereocenters. The summed E-state index contributed by atoms with van der Waals surface area (Å²) in [6.45, 7) is 6.44. The highest BCUT2D eigenvalue weighted by atomic mass is 79.9. The quantitative estimate of drug-likeness (QED) is 0.751. The Hall–Kier alpha value is -0.500. The van der Waals surface area contributed by atoms with E-state index >= 15 is 0 Å². The number of aryl methyl sites for hydroxylation is 2. The summed E-state index contributed by atoms with van der Waals surface area (Å²) in [5.74, 6) is 1.03. The van der Waals surface area contributed by atoms with Crippen LogP contribution in [0.25, 0.3) is 0 Å². The van der Waals surface area contributed by atoms with E-state index in [0.717, 1.165) is 18.6 Å². The Bertz CT molecular complexity index is 332. The summed E-state index contributed by atoms with van der Waals surface area (Å²) in [7, 11) is 1.75. The summed E-state index contributed by atoms with van der Waals surface area (Å²) in [4.78, 5) is 0.558. The zero-order valence-electron chi connectivity index (χ0n) is 9.93. The molecule has 15 heavy (non-hydrogen) atoms. The van der Waals surface area contributed by atoms with E-state index in [1.54, 1.807) is 7.11 Å². The maximum Gasteiger partial charge on any atom is 0.122 e. The first kappa shape index (κ1) is 12.6. The minimum Gasteiger partial charge on any atom is -0.496 e. The lowest BCUT2D eigenvalue weighted by atomic mass is 9.99. The third-order valence-corrected chi connectivity index (χ3v) is 3.05. The fraction of sp³-hybridized carbons (Fsp3) is 0.538. The maximum absolute atomic E-state index is 5.42. The van der Waals surface area contributed by atoms with E-state index in [0.29, 0.717) is 4.83 Å². The van der Waals surface area contributed by atoms with Gasteiger partial charge in [-0.05, 0) is 49.4 Å². The van der Waals surface area contributed by atoms with Crippen LogP contribution in [-0.4, -0.2) is 11.9 Å². The lowest BCUT2D eigenvalue weighted by Gasteiger charge is -2.13. The first-order valence-corrected chi connectivity index (χ1v) is 6.24. The molecule has 1 aromatic rings. The Kier molecular flexibility index (Phi) is 4.65. The van der Waals surface area contributed by atoms with Crippen LogP contribution >= 0.6 is 15.9 Å². The molecule has 2 heteroatoms. The highest BCUT2D eigenvalue weighted by molar-refractivity contribution is 9.09. The summed E-state index contributed by atoms with van der Waals surface area (Å²) in [5.41, 5.74) is 3.94. The molecular formula is C13H19BrO. The molecule has 0 aromatic heterocycles. The topological polar surface area (TPSA) is 9.23 Å². The zero-order chi connectivity index (χ0) is 11.4. The lowest BCUT2D eigenvalue weighted by Crippen LogP contribution is -2.00. The van der Waals surface area contributed by atoms with Gasteiger partial charge in [0, 0.05) is 4.83 Å². The largest absolute Gasteiger partial charge is 0.496 e. The molecule has 0 N–H and O–H groups in total. The van der Waals surface area contributed by atoms with Gasteiger partial charge >= 0.3 is 0 Å². The molecule has 0 heterocycles. The van der Waals surface area contributed by atoms with E-state index in [1.807, 2.05) is 0 Å². The van der Waals surface area contributed by atoms with E-state index in [1.165, 1.54) is 16.7 Å². The van der Waals surface area contributed by atoms with Crippen LogP contribution in [0.3, 0.4) is 0 Å². The van der Waals surface area contributed by atoms with E-state index < -0.39 is 0 Å². The monoisotopic (exact) mass is 270 g/mol. The summed E-state index contributed by atoms with van der Waals surface area (Å²) in [5, 5.41) is 0. The van der Waals surface area contributed by atoms with E-state index in [2.05, 4.69) is 48.8 Å². The van der Waals surface area contributed by atoms with Crippen LogP contribution in [0.4, 0.5) is 0 Å². The number of ether oxygens (including phenoxy) is 1. The summed E-state index contributed by atoms with van der Waals surface area (Å²) < 4.78 is 5.42. The Morgan fingerprint density at radius 2 is 2.00 bits per heavy atom. The number of hydrogen-bond acceptors (Lipinski definition) is 1. The van der Waals surface area contributed by atoms with Crippen molar-refractivity contribution in [1.82, 2.24) is 0 Å². The molecule has 84 valence electrons. The van der Waals surface area contributed by atoms with Crippen LogP contribution in [0.5, 0.6) is 5.75 Å². The van der Waals surface area contributed by atoms with Gasteiger partial charge in [0.05, 0.1) is 7.11 Å². The van der Waals surface area contributed by atoms with Crippen molar-refractivity contribution in [3.05, 3.63) is 28.8 Å². The van der Waals surface area contributed by atoms with Crippen LogP contribution in [-0.2, 0) is 6.42 Å². The number of hydrogen-bond donors (Lipinski definition) is 0. The van der Waals surface area contributed by atoms with Gasteiger partial charge < -0.3 is 4.74 Å². The highest BCUT2D eigenvalue weighted by Crippen LogP contribution is 2.26. The van der Waals surface area contributed by atoms with Crippen molar-refractivity contribution < 1.29 is 4.74 Å². The van der Waals surface area contributed by atoms with Crippen LogP contribution in [0, 0.1) is 13.8 Å². The van der Waals surface area contributed by atoms with E-state index in [9.17, 15) is 0 Å². The molecule has 0 spiro atoms. The molecule has 0 aliphatic carbocycles. The second-order valence-corrected chi connectivity index (χ2v) is 5.65. The van der Waals surface area contributed by atoms with Gasteiger partial charge in [0.2, 0.25) is 0 Å². The van der Waals surface area contributed by atoms with Crippen molar-refractivity contribution in [1.29, 1.82) is 0 Å². The number of rotatable bonds is 4. The first-order chi connectivity index (χ1) is 7.04. The van der Waals surface area contributed by atoms with Gasteiger partial charge in [-0.15, -0.1) is 0 Å². The SMILES string of the molecule is COc1cc(C)cc(C)c1CCC(C)Br. The molecule has 0 fully saturated rings. The van der Waals surface area contributed by atoms with Gasteiger partial charge in [-0.3, -0.25) is 0 Å². The third-order valence-electron chi connectivity index (χ3n) is 2.59.